The van der Waals surface area contributed by atoms with Crippen LogP contribution in [0.1, 0.15) is 22.9 Å². The molecule has 0 spiro atoms. The zero-order valence-electron chi connectivity index (χ0n) is 10.0. The van der Waals surface area contributed by atoms with E-state index >= 15 is 0 Å². The molecule has 0 aliphatic carbocycles. The molecule has 0 amide bonds. The summed E-state index contributed by atoms with van der Waals surface area (Å²) < 4.78 is 14.5. The van der Waals surface area contributed by atoms with E-state index in [1.165, 1.54) is 6.07 Å². The van der Waals surface area contributed by atoms with Gasteiger partial charge < -0.3 is 5.73 Å². The van der Waals surface area contributed by atoms with Crippen LogP contribution in [0.4, 0.5) is 4.39 Å². The summed E-state index contributed by atoms with van der Waals surface area (Å²) >= 11 is 3.33. The van der Waals surface area contributed by atoms with Crippen LogP contribution in [0, 0.1) is 12.7 Å². The molecule has 0 fully saturated rings. The summed E-state index contributed by atoms with van der Waals surface area (Å²) in [5.74, 6) is -0.235. The first kappa shape index (κ1) is 13.2. The van der Waals surface area contributed by atoms with E-state index < -0.39 is 0 Å². The predicted octanol–water partition coefficient (Wildman–Crippen LogP) is 3.53. The summed E-state index contributed by atoms with van der Waals surface area (Å²) in [6.07, 6.45) is 2.16. The maximum Gasteiger partial charge on any atom is 0.126 e. The Bertz CT molecular complexity index is 557. The number of aromatic nitrogens is 1. The van der Waals surface area contributed by atoms with E-state index in [4.69, 9.17) is 5.73 Å². The summed E-state index contributed by atoms with van der Waals surface area (Å²) in [5.41, 5.74) is 8.56. The van der Waals surface area contributed by atoms with Gasteiger partial charge in [0.05, 0.1) is 11.7 Å². The van der Waals surface area contributed by atoms with Crippen LogP contribution in [0.25, 0.3) is 0 Å². The van der Waals surface area contributed by atoms with E-state index in [0.717, 1.165) is 15.7 Å². The molecule has 18 heavy (non-hydrogen) atoms. The normalized spacial score (nSPS) is 12.4. The average Bonchev–Trinajstić information content (AvgIpc) is 2.34. The van der Waals surface area contributed by atoms with Crippen molar-refractivity contribution in [2.45, 2.75) is 19.4 Å². The number of halogens is 2. The molecule has 0 saturated heterocycles. The van der Waals surface area contributed by atoms with Crippen LogP contribution in [-0.4, -0.2) is 4.98 Å². The molecule has 1 atom stereocenters. The molecule has 0 aliphatic rings. The van der Waals surface area contributed by atoms with Gasteiger partial charge in [-0.3, -0.25) is 4.98 Å². The fraction of sp³-hybridized carbons (Fsp3) is 0.214. The Morgan fingerprint density at radius 3 is 2.83 bits per heavy atom. The fourth-order valence-electron chi connectivity index (χ4n) is 1.80. The minimum absolute atomic E-state index is 0.235. The first-order valence-corrected chi connectivity index (χ1v) is 6.47. The Hall–Kier alpha value is -1.26. The van der Waals surface area contributed by atoms with Crippen LogP contribution in [0.3, 0.4) is 0 Å². The first-order valence-electron chi connectivity index (χ1n) is 5.68. The fourth-order valence-corrected chi connectivity index (χ4v) is 2.21. The third-order valence-electron chi connectivity index (χ3n) is 2.76. The van der Waals surface area contributed by atoms with E-state index in [-0.39, 0.29) is 11.9 Å². The highest BCUT2D eigenvalue weighted by molar-refractivity contribution is 9.10. The van der Waals surface area contributed by atoms with Crippen LogP contribution in [-0.2, 0) is 6.42 Å². The smallest absolute Gasteiger partial charge is 0.126 e. The summed E-state index contributed by atoms with van der Waals surface area (Å²) in [6, 6.07) is 8.42. The molecule has 1 aromatic carbocycles. The minimum atomic E-state index is -0.298. The highest BCUT2D eigenvalue weighted by Gasteiger charge is 2.12. The van der Waals surface area contributed by atoms with Crippen molar-refractivity contribution in [2.24, 2.45) is 5.73 Å². The zero-order valence-corrected chi connectivity index (χ0v) is 11.6. The lowest BCUT2D eigenvalue weighted by atomic mass is 10.0. The van der Waals surface area contributed by atoms with Crippen molar-refractivity contribution in [3.8, 4) is 0 Å². The molecule has 94 valence electrons. The quantitative estimate of drug-likeness (QED) is 0.942. The average molecular weight is 309 g/mol. The molecule has 2 nitrogen and oxygen atoms in total. The lowest BCUT2D eigenvalue weighted by molar-refractivity contribution is 0.589. The van der Waals surface area contributed by atoms with E-state index in [2.05, 4.69) is 20.9 Å². The number of hydrogen-bond donors (Lipinski definition) is 1. The van der Waals surface area contributed by atoms with Gasteiger partial charge in [-0.1, -0.05) is 15.9 Å². The largest absolute Gasteiger partial charge is 0.322 e. The second-order valence-electron chi connectivity index (χ2n) is 4.30. The van der Waals surface area contributed by atoms with Crippen LogP contribution in [0.2, 0.25) is 0 Å². The van der Waals surface area contributed by atoms with Crippen LogP contribution in [0.5, 0.6) is 0 Å². The molecule has 0 saturated carbocycles. The Morgan fingerprint density at radius 2 is 2.11 bits per heavy atom. The van der Waals surface area contributed by atoms with Gasteiger partial charge in [0, 0.05) is 10.7 Å². The monoisotopic (exact) mass is 308 g/mol. The third-order valence-corrected chi connectivity index (χ3v) is 3.26. The summed E-state index contributed by atoms with van der Waals surface area (Å²) in [6.45, 7) is 1.98. The van der Waals surface area contributed by atoms with Gasteiger partial charge in [0.2, 0.25) is 0 Å². The van der Waals surface area contributed by atoms with E-state index in [9.17, 15) is 4.39 Å². The summed E-state index contributed by atoms with van der Waals surface area (Å²) in [7, 11) is 0. The molecule has 2 N–H and O–H groups in total. The topological polar surface area (TPSA) is 38.9 Å². The number of nitrogens with two attached hydrogens (primary N) is 1. The second kappa shape index (κ2) is 5.59. The maximum atomic E-state index is 13.6. The number of benzene rings is 1. The molecule has 0 aliphatic heterocycles. The lowest BCUT2D eigenvalue weighted by Gasteiger charge is -2.12. The zero-order chi connectivity index (χ0) is 13.1. The van der Waals surface area contributed by atoms with Crippen molar-refractivity contribution in [2.75, 3.05) is 0 Å². The number of hydrogen-bond acceptors (Lipinski definition) is 2. The van der Waals surface area contributed by atoms with Crippen molar-refractivity contribution in [3.05, 3.63) is 63.6 Å². The molecule has 2 rings (SSSR count). The Morgan fingerprint density at radius 1 is 1.33 bits per heavy atom. The van der Waals surface area contributed by atoms with Crippen LogP contribution >= 0.6 is 15.9 Å². The highest BCUT2D eigenvalue weighted by Crippen LogP contribution is 2.21. The van der Waals surface area contributed by atoms with Crippen molar-refractivity contribution in [1.82, 2.24) is 4.98 Å². The molecule has 2 aromatic rings. The lowest BCUT2D eigenvalue weighted by Crippen LogP contribution is -2.15. The molecule has 4 heteroatoms. The number of pyridine rings is 1. The van der Waals surface area contributed by atoms with Gasteiger partial charge in [-0.25, -0.2) is 4.39 Å². The summed E-state index contributed by atoms with van der Waals surface area (Å²) in [4.78, 5) is 4.23. The van der Waals surface area contributed by atoms with Crippen molar-refractivity contribution >= 4 is 15.9 Å². The highest BCUT2D eigenvalue weighted by atomic mass is 79.9. The number of nitrogens with zero attached hydrogens (tertiary/aromatic N) is 1. The molecule has 0 bridgehead atoms. The maximum absolute atomic E-state index is 13.6. The molecule has 0 radical (unpaired) electrons. The predicted molar refractivity (Wildman–Crippen MR) is 73.7 cm³/mol. The van der Waals surface area contributed by atoms with Crippen molar-refractivity contribution < 1.29 is 4.39 Å². The van der Waals surface area contributed by atoms with Gasteiger partial charge in [0.15, 0.2) is 0 Å². The van der Waals surface area contributed by atoms with Crippen LogP contribution in [0.15, 0.2) is 41.0 Å². The Balaban J connectivity index is 2.21. The van der Waals surface area contributed by atoms with Gasteiger partial charge >= 0.3 is 0 Å². The molecule has 1 unspecified atom stereocenters. The Labute approximate surface area is 114 Å². The van der Waals surface area contributed by atoms with Crippen molar-refractivity contribution in [3.63, 3.8) is 0 Å². The van der Waals surface area contributed by atoms with Gasteiger partial charge in [-0.05, 0) is 54.8 Å². The number of aryl methyl sites for hydroxylation is 1. The standard InChI is InChI=1S/C14H14BrFN2/c1-9-4-5-18-14(6-9)13(17)8-10-7-11(15)2-3-12(10)16/h2-7,13H,8,17H2,1H3. The van der Waals surface area contributed by atoms with E-state index in [1.54, 1.807) is 18.3 Å². The molecule has 1 aromatic heterocycles. The summed E-state index contributed by atoms with van der Waals surface area (Å²) in [5, 5.41) is 0. The van der Waals surface area contributed by atoms with Crippen LogP contribution < -0.4 is 5.73 Å². The minimum Gasteiger partial charge on any atom is -0.322 e. The Kier molecular flexibility index (Phi) is 4.09. The van der Waals surface area contributed by atoms with Gasteiger partial charge in [-0.15, -0.1) is 0 Å². The molecule has 1 heterocycles. The first-order chi connectivity index (χ1) is 8.56. The molecular weight excluding hydrogens is 295 g/mol. The molecular formula is C14H14BrFN2. The number of rotatable bonds is 3. The van der Waals surface area contributed by atoms with Gasteiger partial charge in [0.25, 0.3) is 0 Å². The third kappa shape index (κ3) is 3.15. The van der Waals surface area contributed by atoms with Gasteiger partial charge in [0.1, 0.15) is 5.82 Å². The van der Waals surface area contributed by atoms with E-state index in [0.29, 0.717) is 12.0 Å². The van der Waals surface area contributed by atoms with E-state index in [1.807, 2.05) is 19.1 Å². The second-order valence-corrected chi connectivity index (χ2v) is 5.22. The SMILES string of the molecule is Cc1ccnc(C(N)Cc2cc(Br)ccc2F)c1. The van der Waals surface area contributed by atoms with Gasteiger partial charge in [-0.2, -0.15) is 0 Å². The van der Waals surface area contributed by atoms with Crippen molar-refractivity contribution in [1.29, 1.82) is 0 Å².